The molecule has 0 amide bonds. The number of benzene rings is 6. The molecule has 0 fully saturated rings. The molecule has 1 aliphatic rings. The molecule has 9 aromatic rings. The van der Waals surface area contributed by atoms with Crippen molar-refractivity contribution in [3.63, 3.8) is 0 Å². The zero-order chi connectivity index (χ0) is 33.0. The number of nitrogens with zero attached hydrogens (tertiary/aromatic N) is 4. The lowest BCUT2D eigenvalue weighted by Gasteiger charge is -2.22. The second kappa shape index (κ2) is 11.5. The normalized spacial score (nSPS) is 14.2. The van der Waals surface area contributed by atoms with E-state index in [1.165, 1.54) is 21.9 Å². The first-order valence-corrected chi connectivity index (χ1v) is 17.0. The Bertz CT molecular complexity index is 2670. The van der Waals surface area contributed by atoms with E-state index in [-0.39, 0.29) is 5.92 Å². The fourth-order valence-electron chi connectivity index (χ4n) is 7.47. The highest BCUT2D eigenvalue weighted by Crippen LogP contribution is 2.44. The van der Waals surface area contributed by atoms with E-state index in [0.717, 1.165) is 56.4 Å². The molecule has 5 nitrogen and oxygen atoms in total. The lowest BCUT2D eigenvalue weighted by molar-refractivity contribution is 0.587. The van der Waals surface area contributed by atoms with Gasteiger partial charge in [0.15, 0.2) is 11.6 Å². The van der Waals surface area contributed by atoms with Crippen LogP contribution in [0.15, 0.2) is 168 Å². The third-order valence-electron chi connectivity index (χ3n) is 9.83. The van der Waals surface area contributed by atoms with Gasteiger partial charge in [0.25, 0.3) is 0 Å². The molecule has 1 aliphatic carbocycles. The van der Waals surface area contributed by atoms with Gasteiger partial charge in [-0.05, 0) is 41.8 Å². The maximum Gasteiger partial charge on any atom is 0.238 e. The van der Waals surface area contributed by atoms with Crippen molar-refractivity contribution in [2.24, 2.45) is 0 Å². The van der Waals surface area contributed by atoms with E-state index in [2.05, 4.69) is 102 Å². The SMILES string of the molecule is C1=C(c2ccccc2)c2oc3ccccc3c2CC1c1ccc2c(c1)c1ccccc1n2-c1nc(-c2ccccc2)nc(-c2ccccc2)n1. The molecule has 5 heteroatoms. The van der Waals surface area contributed by atoms with E-state index >= 15 is 0 Å². The first kappa shape index (κ1) is 28.4. The molecule has 10 rings (SSSR count). The van der Waals surface area contributed by atoms with E-state index in [0.29, 0.717) is 17.6 Å². The second-order valence-corrected chi connectivity index (χ2v) is 12.8. The predicted octanol–water partition coefficient (Wildman–Crippen LogP) is 10.8. The largest absolute Gasteiger partial charge is 0.456 e. The van der Waals surface area contributed by atoms with Gasteiger partial charge in [-0.15, -0.1) is 0 Å². The molecule has 0 bridgehead atoms. The molecule has 1 unspecified atom stereocenters. The Morgan fingerprint density at radius 2 is 1.10 bits per heavy atom. The number of allylic oxidation sites excluding steroid dienone is 1. The van der Waals surface area contributed by atoms with Crippen LogP contribution in [0, 0.1) is 0 Å². The summed E-state index contributed by atoms with van der Waals surface area (Å²) in [5.74, 6) is 3.01. The third kappa shape index (κ3) is 4.66. The van der Waals surface area contributed by atoms with E-state index in [9.17, 15) is 0 Å². The quantitative estimate of drug-likeness (QED) is 0.187. The Balaban J connectivity index is 1.16. The van der Waals surface area contributed by atoms with Gasteiger partial charge in [0.2, 0.25) is 5.95 Å². The Hall–Kier alpha value is -6.59. The topological polar surface area (TPSA) is 56.7 Å². The summed E-state index contributed by atoms with van der Waals surface area (Å²) in [5, 5.41) is 3.51. The highest BCUT2D eigenvalue weighted by molar-refractivity contribution is 6.09. The van der Waals surface area contributed by atoms with Crippen molar-refractivity contribution in [2.75, 3.05) is 0 Å². The number of hydrogen-bond donors (Lipinski definition) is 0. The number of hydrogen-bond acceptors (Lipinski definition) is 4. The van der Waals surface area contributed by atoms with Gasteiger partial charge in [0, 0.05) is 44.3 Å². The van der Waals surface area contributed by atoms with E-state index in [1.54, 1.807) is 0 Å². The summed E-state index contributed by atoms with van der Waals surface area (Å²) in [4.78, 5) is 15.1. The van der Waals surface area contributed by atoms with Crippen LogP contribution in [0.3, 0.4) is 0 Å². The van der Waals surface area contributed by atoms with Gasteiger partial charge in [-0.1, -0.05) is 140 Å². The van der Waals surface area contributed by atoms with Crippen LogP contribution in [-0.2, 0) is 6.42 Å². The molecule has 0 radical (unpaired) electrons. The second-order valence-electron chi connectivity index (χ2n) is 12.8. The zero-order valence-corrected chi connectivity index (χ0v) is 27.1. The molecule has 236 valence electrons. The molecular formula is C45H30N4O. The van der Waals surface area contributed by atoms with Crippen LogP contribution in [0.5, 0.6) is 0 Å². The van der Waals surface area contributed by atoms with Crippen LogP contribution in [0.1, 0.15) is 28.4 Å². The van der Waals surface area contributed by atoms with Gasteiger partial charge in [-0.3, -0.25) is 4.57 Å². The molecule has 0 saturated heterocycles. The van der Waals surface area contributed by atoms with Crippen molar-refractivity contribution < 1.29 is 4.42 Å². The molecule has 0 saturated carbocycles. The molecule has 50 heavy (non-hydrogen) atoms. The Morgan fingerprint density at radius 3 is 1.80 bits per heavy atom. The van der Waals surface area contributed by atoms with Crippen molar-refractivity contribution in [2.45, 2.75) is 12.3 Å². The van der Waals surface area contributed by atoms with Gasteiger partial charge in [-0.25, -0.2) is 4.98 Å². The van der Waals surface area contributed by atoms with Gasteiger partial charge in [0.1, 0.15) is 11.3 Å². The summed E-state index contributed by atoms with van der Waals surface area (Å²) in [5.41, 5.74) is 9.75. The smallest absolute Gasteiger partial charge is 0.238 e. The average molecular weight is 643 g/mol. The van der Waals surface area contributed by atoms with Gasteiger partial charge in [-0.2, -0.15) is 9.97 Å². The minimum atomic E-state index is 0.164. The lowest BCUT2D eigenvalue weighted by Crippen LogP contribution is -2.09. The monoisotopic (exact) mass is 642 g/mol. The average Bonchev–Trinajstić information content (AvgIpc) is 3.74. The van der Waals surface area contributed by atoms with Crippen LogP contribution in [-0.4, -0.2) is 19.5 Å². The van der Waals surface area contributed by atoms with E-state index < -0.39 is 0 Å². The van der Waals surface area contributed by atoms with Crippen molar-refractivity contribution >= 4 is 38.3 Å². The summed E-state index contributed by atoms with van der Waals surface area (Å²) in [6.07, 6.45) is 3.26. The van der Waals surface area contributed by atoms with E-state index in [4.69, 9.17) is 19.4 Å². The molecular weight excluding hydrogens is 613 g/mol. The number of fused-ring (bicyclic) bond motifs is 6. The minimum Gasteiger partial charge on any atom is -0.456 e. The van der Waals surface area contributed by atoms with Gasteiger partial charge < -0.3 is 4.42 Å². The van der Waals surface area contributed by atoms with Crippen LogP contribution in [0.4, 0.5) is 0 Å². The lowest BCUT2D eigenvalue weighted by atomic mass is 9.81. The Morgan fingerprint density at radius 1 is 0.520 bits per heavy atom. The minimum absolute atomic E-state index is 0.164. The Labute approximate surface area is 288 Å². The van der Waals surface area contributed by atoms with Crippen LogP contribution in [0.2, 0.25) is 0 Å². The summed E-state index contributed by atoms with van der Waals surface area (Å²) >= 11 is 0. The number of aromatic nitrogens is 4. The fraction of sp³-hybridized carbons (Fsp3) is 0.0444. The molecule has 0 N–H and O–H groups in total. The maximum atomic E-state index is 6.51. The summed E-state index contributed by atoms with van der Waals surface area (Å²) in [7, 11) is 0. The highest BCUT2D eigenvalue weighted by Gasteiger charge is 2.28. The number of rotatable bonds is 5. The predicted molar refractivity (Wildman–Crippen MR) is 201 cm³/mol. The fourth-order valence-corrected chi connectivity index (χ4v) is 7.47. The summed E-state index contributed by atoms with van der Waals surface area (Å²) in [6, 6.07) is 54.6. The van der Waals surface area contributed by atoms with Crippen LogP contribution in [0.25, 0.3) is 67.1 Å². The summed E-state index contributed by atoms with van der Waals surface area (Å²) < 4.78 is 8.70. The number of furan rings is 1. The van der Waals surface area contributed by atoms with Crippen molar-refractivity contribution in [3.05, 3.63) is 186 Å². The van der Waals surface area contributed by atoms with Crippen molar-refractivity contribution in [1.29, 1.82) is 0 Å². The van der Waals surface area contributed by atoms with E-state index in [1.807, 2.05) is 66.7 Å². The molecule has 3 heterocycles. The van der Waals surface area contributed by atoms with Gasteiger partial charge >= 0.3 is 0 Å². The van der Waals surface area contributed by atoms with Crippen molar-refractivity contribution in [3.8, 4) is 28.7 Å². The molecule has 6 aromatic carbocycles. The molecule has 0 spiro atoms. The third-order valence-corrected chi connectivity index (χ3v) is 9.83. The van der Waals surface area contributed by atoms with Gasteiger partial charge in [0.05, 0.1) is 11.0 Å². The standard InChI is InChI=1S/C45H30N4O/c1-4-14-29(15-5-1)36-27-33(28-38-35-21-11-13-23-41(35)50-42(36)38)32-24-25-40-37(26-32)34-20-10-12-22-39(34)49(40)45-47-43(30-16-6-2-7-17-30)46-44(48-45)31-18-8-3-9-19-31/h1-27,33H,28H2. The first-order chi connectivity index (χ1) is 24.8. The van der Waals surface area contributed by atoms with Crippen LogP contribution >= 0.6 is 0 Å². The molecule has 1 atom stereocenters. The maximum absolute atomic E-state index is 6.51. The zero-order valence-electron chi connectivity index (χ0n) is 27.1. The highest BCUT2D eigenvalue weighted by atomic mass is 16.3. The number of para-hydroxylation sites is 2. The Kier molecular flexibility index (Phi) is 6.56. The summed E-state index contributed by atoms with van der Waals surface area (Å²) in [6.45, 7) is 0. The van der Waals surface area contributed by atoms with Crippen LogP contribution < -0.4 is 0 Å². The molecule has 0 aliphatic heterocycles. The first-order valence-electron chi connectivity index (χ1n) is 17.0. The molecule has 3 aromatic heterocycles. The van der Waals surface area contributed by atoms with Crippen molar-refractivity contribution in [1.82, 2.24) is 19.5 Å².